The first kappa shape index (κ1) is 17.9. The van der Waals surface area contributed by atoms with Crippen molar-refractivity contribution in [2.24, 2.45) is 0 Å². The number of thiazole rings is 1. The molecule has 0 atom stereocenters. The Morgan fingerprint density at radius 3 is 2.62 bits per heavy atom. The Morgan fingerprint density at radius 2 is 1.92 bits per heavy atom. The highest BCUT2D eigenvalue weighted by molar-refractivity contribution is 7.17. The molecule has 0 aliphatic carbocycles. The Bertz CT molecular complexity index is 932. The van der Waals surface area contributed by atoms with Crippen molar-refractivity contribution in [1.29, 1.82) is 0 Å². The van der Waals surface area contributed by atoms with E-state index in [1.54, 1.807) is 12.3 Å². The third-order valence-electron chi connectivity index (χ3n) is 3.63. The quantitative estimate of drug-likeness (QED) is 0.653. The predicted molar refractivity (Wildman–Crippen MR) is 102 cm³/mol. The van der Waals surface area contributed by atoms with Crippen LogP contribution in [0, 0.1) is 0 Å². The van der Waals surface area contributed by atoms with E-state index in [0.29, 0.717) is 16.7 Å². The monoisotopic (exact) mass is 369 g/mol. The lowest BCUT2D eigenvalue weighted by atomic mass is 9.86. The highest BCUT2D eigenvalue weighted by Gasteiger charge is 2.20. The average molecular weight is 369 g/mol. The first-order valence-electron chi connectivity index (χ1n) is 8.03. The molecule has 0 spiro atoms. The third-order valence-corrected chi connectivity index (χ3v) is 4.53. The Morgan fingerprint density at radius 1 is 1.15 bits per heavy atom. The Balaban J connectivity index is 1.90. The molecule has 0 bridgehead atoms. The zero-order chi connectivity index (χ0) is 18.7. The smallest absolute Gasteiger partial charge is 0.347 e. The number of hydrogen-bond acceptors (Lipinski definition) is 6. The van der Waals surface area contributed by atoms with Gasteiger partial charge in [0.05, 0.1) is 6.20 Å². The summed E-state index contributed by atoms with van der Waals surface area (Å²) in [6.07, 6.45) is 2.96. The lowest BCUT2D eigenvalue weighted by molar-refractivity contribution is 0.0702. The number of hydrogen-bond donors (Lipinski definition) is 2. The van der Waals surface area contributed by atoms with Crippen LogP contribution >= 0.6 is 11.3 Å². The van der Waals surface area contributed by atoms with E-state index < -0.39 is 5.97 Å². The molecule has 134 valence electrons. The second-order valence-electron chi connectivity index (χ2n) is 6.66. The lowest BCUT2D eigenvalue weighted by Crippen LogP contribution is -2.12. The highest BCUT2D eigenvalue weighted by atomic mass is 32.1. The molecule has 2 heterocycles. The summed E-state index contributed by atoms with van der Waals surface area (Å²) in [4.78, 5) is 19.6. The average Bonchev–Trinajstić information content (AvgIpc) is 3.05. The van der Waals surface area contributed by atoms with E-state index in [-0.39, 0.29) is 10.3 Å². The standard InChI is InChI=1S/C19H19N3O3S/c1-19(2,3)12-7-4-5-9-14(12)25-16-13(8-6-10-20-16)22-18-21-11-15(26-18)17(23)24/h4-11H,1-3H3,(H,21,22)(H,23,24). The van der Waals surface area contributed by atoms with E-state index in [0.717, 1.165) is 22.6 Å². The van der Waals surface area contributed by atoms with Gasteiger partial charge in [-0.05, 0) is 23.6 Å². The molecule has 0 aliphatic heterocycles. The fraction of sp³-hybridized carbons (Fsp3) is 0.211. The van der Waals surface area contributed by atoms with Crippen molar-refractivity contribution in [2.75, 3.05) is 5.32 Å². The fourth-order valence-electron chi connectivity index (χ4n) is 2.39. The molecule has 0 fully saturated rings. The van der Waals surface area contributed by atoms with Crippen LogP contribution in [0.15, 0.2) is 48.8 Å². The number of rotatable bonds is 5. The van der Waals surface area contributed by atoms with Gasteiger partial charge in [-0.25, -0.2) is 14.8 Å². The maximum atomic E-state index is 11.0. The zero-order valence-corrected chi connectivity index (χ0v) is 15.5. The van der Waals surface area contributed by atoms with Gasteiger partial charge in [0, 0.05) is 11.8 Å². The molecule has 26 heavy (non-hydrogen) atoms. The largest absolute Gasteiger partial charge is 0.477 e. The van der Waals surface area contributed by atoms with Crippen LogP contribution in [0.1, 0.15) is 36.0 Å². The number of carboxylic acids is 1. The minimum absolute atomic E-state index is 0.0787. The predicted octanol–water partition coefficient (Wildman–Crippen LogP) is 5.07. The Labute approximate surface area is 155 Å². The van der Waals surface area contributed by atoms with Gasteiger partial charge in [0.25, 0.3) is 0 Å². The van der Waals surface area contributed by atoms with E-state index in [2.05, 4.69) is 36.1 Å². The topological polar surface area (TPSA) is 84.3 Å². The van der Waals surface area contributed by atoms with Crippen LogP contribution in [0.3, 0.4) is 0 Å². The van der Waals surface area contributed by atoms with E-state index >= 15 is 0 Å². The molecule has 0 radical (unpaired) electrons. The second kappa shape index (κ2) is 7.13. The molecule has 3 rings (SSSR count). The van der Waals surface area contributed by atoms with Gasteiger partial charge in [0.1, 0.15) is 16.3 Å². The van der Waals surface area contributed by atoms with Gasteiger partial charge >= 0.3 is 5.97 Å². The summed E-state index contributed by atoms with van der Waals surface area (Å²) in [6, 6.07) is 11.4. The van der Waals surface area contributed by atoms with Crippen molar-refractivity contribution < 1.29 is 14.6 Å². The van der Waals surface area contributed by atoms with Gasteiger partial charge in [0.15, 0.2) is 5.13 Å². The zero-order valence-electron chi connectivity index (χ0n) is 14.7. The molecule has 1 aromatic carbocycles. The van der Waals surface area contributed by atoms with Crippen molar-refractivity contribution in [3.63, 3.8) is 0 Å². The van der Waals surface area contributed by atoms with Gasteiger partial charge in [-0.15, -0.1) is 0 Å². The molecule has 2 N–H and O–H groups in total. The summed E-state index contributed by atoms with van der Waals surface area (Å²) in [5.41, 5.74) is 1.60. The summed E-state index contributed by atoms with van der Waals surface area (Å²) in [6.45, 7) is 6.36. The number of anilines is 2. The molecule has 0 unspecified atom stereocenters. The molecule has 0 amide bonds. The summed E-state index contributed by atoms with van der Waals surface area (Å²) in [5, 5.41) is 12.6. The molecule has 0 aliphatic rings. The SMILES string of the molecule is CC(C)(C)c1ccccc1Oc1ncccc1Nc1ncc(C(=O)O)s1. The number of nitrogens with zero attached hydrogens (tertiary/aromatic N) is 2. The number of benzene rings is 1. The number of pyridine rings is 1. The molecular weight excluding hydrogens is 350 g/mol. The summed E-state index contributed by atoms with van der Waals surface area (Å²) in [5.74, 6) is 0.126. The fourth-order valence-corrected chi connectivity index (χ4v) is 3.06. The molecule has 3 aromatic rings. The van der Waals surface area contributed by atoms with Crippen LogP contribution in [0.4, 0.5) is 10.8 Å². The first-order chi connectivity index (χ1) is 12.3. The number of aromatic carboxylic acids is 1. The number of para-hydroxylation sites is 1. The minimum Gasteiger partial charge on any atom is -0.477 e. The van der Waals surface area contributed by atoms with E-state index in [1.165, 1.54) is 6.20 Å². The van der Waals surface area contributed by atoms with Crippen LogP contribution in [0.5, 0.6) is 11.6 Å². The summed E-state index contributed by atoms with van der Waals surface area (Å²) in [7, 11) is 0. The van der Waals surface area contributed by atoms with E-state index in [1.807, 2.05) is 30.3 Å². The van der Waals surface area contributed by atoms with Gasteiger partial charge < -0.3 is 15.2 Å². The number of aromatic nitrogens is 2. The molecule has 0 saturated carbocycles. The Hall–Kier alpha value is -2.93. The van der Waals surface area contributed by atoms with Crippen LogP contribution < -0.4 is 10.1 Å². The summed E-state index contributed by atoms with van der Waals surface area (Å²) >= 11 is 1.05. The van der Waals surface area contributed by atoms with Gasteiger partial charge in [0.2, 0.25) is 5.88 Å². The van der Waals surface area contributed by atoms with Crippen LogP contribution in [0.2, 0.25) is 0 Å². The van der Waals surface area contributed by atoms with Crippen LogP contribution in [-0.4, -0.2) is 21.0 Å². The maximum Gasteiger partial charge on any atom is 0.347 e. The van der Waals surface area contributed by atoms with Gasteiger partial charge in [-0.2, -0.15) is 0 Å². The van der Waals surface area contributed by atoms with Crippen molar-refractivity contribution in [1.82, 2.24) is 9.97 Å². The number of carboxylic acid groups (broad SMARTS) is 1. The van der Waals surface area contributed by atoms with E-state index in [9.17, 15) is 4.79 Å². The summed E-state index contributed by atoms with van der Waals surface area (Å²) < 4.78 is 6.08. The highest BCUT2D eigenvalue weighted by Crippen LogP contribution is 2.36. The van der Waals surface area contributed by atoms with E-state index in [4.69, 9.17) is 9.84 Å². The van der Waals surface area contributed by atoms with Crippen LogP contribution in [0.25, 0.3) is 0 Å². The van der Waals surface area contributed by atoms with Crippen molar-refractivity contribution in [3.8, 4) is 11.6 Å². The third kappa shape index (κ3) is 4.00. The van der Waals surface area contributed by atoms with Crippen molar-refractivity contribution in [3.05, 3.63) is 59.2 Å². The van der Waals surface area contributed by atoms with Crippen molar-refractivity contribution in [2.45, 2.75) is 26.2 Å². The maximum absolute atomic E-state index is 11.0. The Kier molecular flexibility index (Phi) is 4.90. The van der Waals surface area contributed by atoms with Crippen molar-refractivity contribution >= 4 is 28.1 Å². The lowest BCUT2D eigenvalue weighted by Gasteiger charge is -2.22. The minimum atomic E-state index is -1.00. The number of ether oxygens (including phenoxy) is 1. The van der Waals surface area contributed by atoms with Crippen LogP contribution in [-0.2, 0) is 5.41 Å². The molecule has 2 aromatic heterocycles. The first-order valence-corrected chi connectivity index (χ1v) is 8.85. The molecule has 7 heteroatoms. The molecular formula is C19H19N3O3S. The molecule has 6 nitrogen and oxygen atoms in total. The second-order valence-corrected chi connectivity index (χ2v) is 7.69. The van der Waals surface area contributed by atoms with Gasteiger partial charge in [-0.1, -0.05) is 50.3 Å². The number of carbonyl (C=O) groups is 1. The molecule has 0 saturated heterocycles. The number of nitrogens with one attached hydrogen (secondary N) is 1. The van der Waals surface area contributed by atoms with Gasteiger partial charge in [-0.3, -0.25) is 0 Å². The normalized spacial score (nSPS) is 11.2.